The second kappa shape index (κ2) is 7.17. The molecule has 2 unspecified atom stereocenters. The van der Waals surface area contributed by atoms with Gasteiger partial charge in [0.25, 0.3) is 0 Å². The molecule has 3 N–H and O–H groups in total. The Balaban J connectivity index is 2.00. The quantitative estimate of drug-likeness (QED) is 0.576. The van der Waals surface area contributed by atoms with Crippen LogP contribution in [0, 0.1) is 0 Å². The zero-order valence-corrected chi connectivity index (χ0v) is 9.00. The summed E-state index contributed by atoms with van der Waals surface area (Å²) in [5.74, 6) is 0. The molecule has 0 aromatic heterocycles. The van der Waals surface area contributed by atoms with Crippen molar-refractivity contribution in [3.63, 3.8) is 0 Å². The molecule has 2 atom stereocenters. The summed E-state index contributed by atoms with van der Waals surface area (Å²) in [4.78, 5) is 0. The number of rotatable bonds is 7. The molecule has 0 spiro atoms. The molecule has 1 fully saturated rings. The highest BCUT2D eigenvalue weighted by Crippen LogP contribution is 2.21. The first-order valence-electron chi connectivity index (χ1n) is 5.42. The standard InChI is InChI=1S/C10H22N2O2/c1-13-10-4-2-3-9(10)12-6-8-14-7-5-11/h9-10,12H,2-8,11H2,1H3. The van der Waals surface area contributed by atoms with Crippen molar-refractivity contribution in [3.8, 4) is 0 Å². The molecule has 1 aliphatic carbocycles. The van der Waals surface area contributed by atoms with E-state index >= 15 is 0 Å². The van der Waals surface area contributed by atoms with Gasteiger partial charge in [-0.2, -0.15) is 0 Å². The van der Waals surface area contributed by atoms with E-state index in [1.54, 1.807) is 7.11 Å². The largest absolute Gasteiger partial charge is 0.380 e. The minimum atomic E-state index is 0.393. The van der Waals surface area contributed by atoms with E-state index in [1.807, 2.05) is 0 Å². The SMILES string of the molecule is COC1CCCC1NCCOCCN. The van der Waals surface area contributed by atoms with Crippen molar-refractivity contribution in [3.05, 3.63) is 0 Å². The Hall–Kier alpha value is -0.160. The van der Waals surface area contributed by atoms with Crippen LogP contribution in [-0.2, 0) is 9.47 Å². The summed E-state index contributed by atoms with van der Waals surface area (Å²) in [5.41, 5.74) is 5.31. The van der Waals surface area contributed by atoms with Crippen molar-refractivity contribution in [1.29, 1.82) is 0 Å². The fraction of sp³-hybridized carbons (Fsp3) is 1.00. The first-order chi connectivity index (χ1) is 6.88. The monoisotopic (exact) mass is 202 g/mol. The third-order valence-electron chi connectivity index (χ3n) is 2.67. The molecule has 84 valence electrons. The highest BCUT2D eigenvalue weighted by Gasteiger charge is 2.25. The Bertz CT molecular complexity index is 144. The summed E-state index contributed by atoms with van der Waals surface area (Å²) < 4.78 is 10.7. The van der Waals surface area contributed by atoms with E-state index in [1.165, 1.54) is 19.3 Å². The third-order valence-corrected chi connectivity index (χ3v) is 2.67. The molecule has 0 aromatic rings. The maximum Gasteiger partial charge on any atom is 0.0724 e. The van der Waals surface area contributed by atoms with E-state index in [-0.39, 0.29) is 0 Å². The van der Waals surface area contributed by atoms with Crippen molar-refractivity contribution in [2.24, 2.45) is 5.73 Å². The normalized spacial score (nSPS) is 27.0. The van der Waals surface area contributed by atoms with Crippen molar-refractivity contribution in [2.45, 2.75) is 31.4 Å². The minimum absolute atomic E-state index is 0.393. The van der Waals surface area contributed by atoms with Crippen LogP contribution in [0.2, 0.25) is 0 Å². The summed E-state index contributed by atoms with van der Waals surface area (Å²) in [6.45, 7) is 2.89. The maximum absolute atomic E-state index is 5.38. The minimum Gasteiger partial charge on any atom is -0.380 e. The molecule has 0 bridgehead atoms. The van der Waals surface area contributed by atoms with E-state index in [0.29, 0.717) is 25.3 Å². The van der Waals surface area contributed by atoms with Gasteiger partial charge in [-0.1, -0.05) is 0 Å². The Morgan fingerprint density at radius 3 is 2.93 bits per heavy atom. The van der Waals surface area contributed by atoms with Crippen molar-refractivity contribution in [1.82, 2.24) is 5.32 Å². The van der Waals surface area contributed by atoms with E-state index in [4.69, 9.17) is 15.2 Å². The van der Waals surface area contributed by atoms with E-state index < -0.39 is 0 Å². The van der Waals surface area contributed by atoms with Gasteiger partial charge in [0, 0.05) is 26.2 Å². The van der Waals surface area contributed by atoms with Gasteiger partial charge in [-0.05, 0) is 19.3 Å². The first-order valence-corrected chi connectivity index (χ1v) is 5.42. The van der Waals surface area contributed by atoms with Crippen LogP contribution in [0.1, 0.15) is 19.3 Å². The second-order valence-electron chi connectivity index (χ2n) is 3.67. The number of ether oxygens (including phenoxy) is 2. The zero-order valence-electron chi connectivity index (χ0n) is 9.00. The van der Waals surface area contributed by atoms with Gasteiger partial charge in [0.15, 0.2) is 0 Å². The van der Waals surface area contributed by atoms with Crippen LogP contribution in [0.25, 0.3) is 0 Å². The van der Waals surface area contributed by atoms with Gasteiger partial charge in [-0.15, -0.1) is 0 Å². The highest BCUT2D eigenvalue weighted by atomic mass is 16.5. The molecule has 0 radical (unpaired) electrons. The van der Waals surface area contributed by atoms with Gasteiger partial charge < -0.3 is 20.5 Å². The second-order valence-corrected chi connectivity index (χ2v) is 3.67. The molecule has 1 saturated carbocycles. The lowest BCUT2D eigenvalue weighted by Gasteiger charge is -2.19. The van der Waals surface area contributed by atoms with Gasteiger partial charge >= 0.3 is 0 Å². The molecule has 0 amide bonds. The lowest BCUT2D eigenvalue weighted by atomic mass is 10.2. The number of hydrogen-bond donors (Lipinski definition) is 2. The Morgan fingerprint density at radius 2 is 2.21 bits per heavy atom. The van der Waals surface area contributed by atoms with Gasteiger partial charge in [-0.3, -0.25) is 0 Å². The van der Waals surface area contributed by atoms with Crippen LogP contribution in [0.15, 0.2) is 0 Å². The lowest BCUT2D eigenvalue weighted by Crippen LogP contribution is -2.38. The number of nitrogens with one attached hydrogen (secondary N) is 1. The summed E-state index contributed by atoms with van der Waals surface area (Å²) in [5, 5.41) is 3.45. The number of hydrogen-bond acceptors (Lipinski definition) is 4. The van der Waals surface area contributed by atoms with Gasteiger partial charge in [0.1, 0.15) is 0 Å². The molecule has 4 nitrogen and oxygen atoms in total. The molecule has 0 heterocycles. The van der Waals surface area contributed by atoms with Crippen LogP contribution in [0.3, 0.4) is 0 Å². The summed E-state index contributed by atoms with van der Waals surface area (Å²) in [6.07, 6.45) is 4.05. The highest BCUT2D eigenvalue weighted by molar-refractivity contribution is 4.83. The Morgan fingerprint density at radius 1 is 1.36 bits per heavy atom. The molecule has 0 aromatic carbocycles. The average molecular weight is 202 g/mol. The van der Waals surface area contributed by atoms with Crippen LogP contribution >= 0.6 is 0 Å². The summed E-state index contributed by atoms with van der Waals surface area (Å²) in [6, 6.07) is 0.515. The predicted octanol–water partition coefficient (Wildman–Crippen LogP) is 0.119. The molecule has 0 saturated heterocycles. The topological polar surface area (TPSA) is 56.5 Å². The fourth-order valence-electron chi connectivity index (χ4n) is 1.94. The number of nitrogens with two attached hydrogens (primary N) is 1. The van der Waals surface area contributed by atoms with Gasteiger partial charge in [0.05, 0.1) is 19.3 Å². The third kappa shape index (κ3) is 3.92. The first kappa shape index (κ1) is 11.9. The summed E-state index contributed by atoms with van der Waals surface area (Å²) in [7, 11) is 1.79. The number of methoxy groups -OCH3 is 1. The van der Waals surface area contributed by atoms with Crippen LogP contribution in [0.5, 0.6) is 0 Å². The molecule has 0 aliphatic heterocycles. The van der Waals surface area contributed by atoms with Crippen molar-refractivity contribution in [2.75, 3.05) is 33.4 Å². The molecule has 4 heteroatoms. The van der Waals surface area contributed by atoms with Crippen molar-refractivity contribution >= 4 is 0 Å². The molecule has 14 heavy (non-hydrogen) atoms. The molecule has 1 rings (SSSR count). The van der Waals surface area contributed by atoms with E-state index in [2.05, 4.69) is 5.32 Å². The predicted molar refractivity (Wildman–Crippen MR) is 56.3 cm³/mol. The Kier molecular flexibility index (Phi) is 6.10. The van der Waals surface area contributed by atoms with Crippen LogP contribution < -0.4 is 11.1 Å². The van der Waals surface area contributed by atoms with Crippen LogP contribution in [-0.4, -0.2) is 45.6 Å². The van der Waals surface area contributed by atoms with Gasteiger partial charge in [-0.25, -0.2) is 0 Å². The lowest BCUT2D eigenvalue weighted by molar-refractivity contribution is 0.0791. The fourth-order valence-corrected chi connectivity index (χ4v) is 1.94. The van der Waals surface area contributed by atoms with Gasteiger partial charge in [0.2, 0.25) is 0 Å². The maximum atomic E-state index is 5.38. The van der Waals surface area contributed by atoms with Crippen molar-refractivity contribution < 1.29 is 9.47 Å². The molecular formula is C10H22N2O2. The Labute approximate surface area is 86.1 Å². The zero-order chi connectivity index (χ0) is 10.2. The molecule has 1 aliphatic rings. The molecular weight excluding hydrogens is 180 g/mol. The smallest absolute Gasteiger partial charge is 0.0724 e. The summed E-state index contributed by atoms with van der Waals surface area (Å²) >= 11 is 0. The van der Waals surface area contributed by atoms with Crippen LogP contribution in [0.4, 0.5) is 0 Å². The average Bonchev–Trinajstić information content (AvgIpc) is 2.65. The van der Waals surface area contributed by atoms with E-state index in [9.17, 15) is 0 Å². The van der Waals surface area contributed by atoms with E-state index in [0.717, 1.165) is 13.2 Å².